The van der Waals surface area contributed by atoms with Gasteiger partial charge in [0.25, 0.3) is 5.89 Å². The minimum Gasteiger partial charge on any atom is -0.415 e. The molecule has 4 heterocycles. The van der Waals surface area contributed by atoms with Gasteiger partial charge in [-0.1, -0.05) is 0 Å². The number of likely N-dealkylation sites (N-methyl/N-ethyl adjacent to an activating group) is 1. The number of fused-ring (bicyclic) bond motifs is 1. The molecule has 0 spiro atoms. The number of benzene rings is 1. The third kappa shape index (κ3) is 4.09. The van der Waals surface area contributed by atoms with Gasteiger partial charge in [0.2, 0.25) is 5.89 Å². The molecule has 33 heavy (non-hydrogen) atoms. The van der Waals surface area contributed by atoms with E-state index in [0.29, 0.717) is 35.6 Å². The molecule has 1 aliphatic heterocycles. The fourth-order valence-electron chi connectivity index (χ4n) is 3.76. The van der Waals surface area contributed by atoms with Crippen LogP contribution in [-0.4, -0.2) is 57.9 Å². The highest BCUT2D eigenvalue weighted by Gasteiger charge is 2.21. The van der Waals surface area contributed by atoms with Gasteiger partial charge in [-0.3, -0.25) is 9.55 Å². The maximum Gasteiger partial charge on any atom is 0.420 e. The summed E-state index contributed by atoms with van der Waals surface area (Å²) in [5.41, 5.74) is 1.84. The van der Waals surface area contributed by atoms with Gasteiger partial charge in [-0.15, -0.1) is 10.2 Å². The molecule has 0 unspecified atom stereocenters. The summed E-state index contributed by atoms with van der Waals surface area (Å²) in [4.78, 5) is 20.8. The topological polar surface area (TPSA) is 93.4 Å². The molecule has 1 aliphatic rings. The first-order valence-corrected chi connectivity index (χ1v) is 10.2. The van der Waals surface area contributed by atoms with Crippen molar-refractivity contribution in [2.75, 3.05) is 38.1 Å². The SMILES string of the molecule is CN1CCN(c2cc3oc(=O)n(Cc4ccc(-c5nnc(C(F)F)o5)cn4)c3cc2F)CC1. The molecular formula is C21H19F3N6O3. The van der Waals surface area contributed by atoms with Gasteiger partial charge >= 0.3 is 12.2 Å². The zero-order chi connectivity index (χ0) is 23.1. The van der Waals surface area contributed by atoms with Gasteiger partial charge < -0.3 is 18.6 Å². The van der Waals surface area contributed by atoms with Crippen LogP contribution in [0.3, 0.4) is 0 Å². The van der Waals surface area contributed by atoms with E-state index in [1.165, 1.54) is 16.8 Å². The molecule has 0 amide bonds. The van der Waals surface area contributed by atoms with Gasteiger partial charge in [0.05, 0.1) is 29.0 Å². The van der Waals surface area contributed by atoms with E-state index in [1.807, 2.05) is 11.9 Å². The lowest BCUT2D eigenvalue weighted by Crippen LogP contribution is -2.44. The Morgan fingerprint density at radius 3 is 2.55 bits per heavy atom. The average Bonchev–Trinajstić information content (AvgIpc) is 3.40. The molecule has 172 valence electrons. The quantitative estimate of drug-likeness (QED) is 0.449. The number of pyridine rings is 1. The minimum atomic E-state index is -2.86. The lowest BCUT2D eigenvalue weighted by atomic mass is 10.2. The molecule has 0 N–H and O–H groups in total. The molecular weight excluding hydrogens is 441 g/mol. The van der Waals surface area contributed by atoms with Crippen LogP contribution < -0.4 is 10.7 Å². The summed E-state index contributed by atoms with van der Waals surface area (Å²) in [5, 5.41) is 6.85. The highest BCUT2D eigenvalue weighted by Crippen LogP contribution is 2.27. The smallest absolute Gasteiger partial charge is 0.415 e. The predicted molar refractivity (Wildman–Crippen MR) is 112 cm³/mol. The van der Waals surface area contributed by atoms with E-state index in [0.717, 1.165) is 13.1 Å². The Balaban J connectivity index is 1.40. The standard InChI is InChI=1S/C21H19F3N6O3/c1-28-4-6-29(7-5-28)15-9-17-16(8-14(15)22)30(21(31)32-17)11-13-3-2-12(10-25-13)19-26-27-20(33-19)18(23)24/h2-3,8-10,18H,4-7,11H2,1H3. The maximum absolute atomic E-state index is 14.9. The zero-order valence-corrected chi connectivity index (χ0v) is 17.5. The summed E-state index contributed by atoms with van der Waals surface area (Å²) in [7, 11) is 2.01. The van der Waals surface area contributed by atoms with Crippen molar-refractivity contribution in [1.29, 1.82) is 0 Å². The monoisotopic (exact) mass is 460 g/mol. The molecule has 0 radical (unpaired) electrons. The number of aromatic nitrogens is 4. The van der Waals surface area contributed by atoms with E-state index in [1.54, 1.807) is 18.2 Å². The van der Waals surface area contributed by atoms with Crippen LogP contribution in [0.25, 0.3) is 22.6 Å². The Labute approximate surface area is 185 Å². The number of piperazine rings is 1. The van der Waals surface area contributed by atoms with E-state index >= 15 is 0 Å². The number of rotatable bonds is 5. The van der Waals surface area contributed by atoms with Crippen molar-refractivity contribution in [3.8, 4) is 11.5 Å². The molecule has 12 heteroatoms. The third-order valence-electron chi connectivity index (χ3n) is 5.60. The second-order valence-electron chi connectivity index (χ2n) is 7.80. The van der Waals surface area contributed by atoms with Crippen LogP contribution in [0.1, 0.15) is 18.0 Å². The average molecular weight is 460 g/mol. The van der Waals surface area contributed by atoms with E-state index in [4.69, 9.17) is 8.83 Å². The number of anilines is 1. The molecule has 4 aromatic rings. The maximum atomic E-state index is 14.9. The van der Waals surface area contributed by atoms with Gasteiger partial charge in [0.15, 0.2) is 5.58 Å². The molecule has 0 bridgehead atoms. The number of hydrogen-bond donors (Lipinski definition) is 0. The fraction of sp³-hybridized carbons (Fsp3) is 0.333. The van der Waals surface area contributed by atoms with E-state index < -0.39 is 23.9 Å². The van der Waals surface area contributed by atoms with Crippen LogP contribution >= 0.6 is 0 Å². The van der Waals surface area contributed by atoms with Crippen molar-refractivity contribution in [3.05, 3.63) is 58.4 Å². The normalized spacial score (nSPS) is 15.1. The van der Waals surface area contributed by atoms with E-state index in [2.05, 4.69) is 20.1 Å². The summed E-state index contributed by atoms with van der Waals surface area (Å²) >= 11 is 0. The molecule has 0 saturated carbocycles. The van der Waals surface area contributed by atoms with Crippen molar-refractivity contribution in [2.24, 2.45) is 0 Å². The van der Waals surface area contributed by atoms with Crippen LogP contribution in [0.15, 0.2) is 44.1 Å². The Hall–Kier alpha value is -3.67. The third-order valence-corrected chi connectivity index (χ3v) is 5.60. The summed E-state index contributed by atoms with van der Waals surface area (Å²) < 4.78 is 51.7. The number of alkyl halides is 2. The van der Waals surface area contributed by atoms with Crippen LogP contribution in [0.4, 0.5) is 18.9 Å². The van der Waals surface area contributed by atoms with Crippen LogP contribution in [-0.2, 0) is 6.54 Å². The van der Waals surface area contributed by atoms with Gasteiger partial charge in [-0.05, 0) is 19.2 Å². The Bertz CT molecular complexity index is 1340. The van der Waals surface area contributed by atoms with Gasteiger partial charge in [0, 0.05) is 44.5 Å². The largest absolute Gasteiger partial charge is 0.420 e. The number of oxazole rings is 1. The summed E-state index contributed by atoms with van der Waals surface area (Å²) in [5.74, 6) is -1.93. The van der Waals surface area contributed by atoms with Gasteiger partial charge in [-0.25, -0.2) is 9.18 Å². The predicted octanol–water partition coefficient (Wildman–Crippen LogP) is 2.92. The van der Waals surface area contributed by atoms with E-state index in [-0.39, 0.29) is 18.0 Å². The van der Waals surface area contributed by atoms with Gasteiger partial charge in [0.1, 0.15) is 5.82 Å². The molecule has 5 rings (SSSR count). The van der Waals surface area contributed by atoms with Crippen LogP contribution in [0.2, 0.25) is 0 Å². The first kappa shape index (κ1) is 21.2. The van der Waals surface area contributed by atoms with Crippen molar-refractivity contribution < 1.29 is 22.0 Å². The first-order valence-electron chi connectivity index (χ1n) is 10.2. The molecule has 3 aromatic heterocycles. The lowest BCUT2D eigenvalue weighted by molar-refractivity contribution is 0.116. The minimum absolute atomic E-state index is 0.0333. The Morgan fingerprint density at radius 2 is 1.88 bits per heavy atom. The lowest BCUT2D eigenvalue weighted by Gasteiger charge is -2.34. The number of nitrogens with zero attached hydrogens (tertiary/aromatic N) is 6. The number of halogens is 3. The second kappa shape index (κ2) is 8.35. The fourth-order valence-corrected chi connectivity index (χ4v) is 3.76. The van der Waals surface area contributed by atoms with Crippen LogP contribution in [0, 0.1) is 5.82 Å². The second-order valence-corrected chi connectivity index (χ2v) is 7.80. The van der Waals surface area contributed by atoms with E-state index in [9.17, 15) is 18.0 Å². The molecule has 1 aromatic carbocycles. The Morgan fingerprint density at radius 1 is 1.09 bits per heavy atom. The molecule has 0 aliphatic carbocycles. The van der Waals surface area contributed by atoms with Crippen molar-refractivity contribution >= 4 is 16.8 Å². The highest BCUT2D eigenvalue weighted by molar-refractivity contribution is 5.78. The summed E-state index contributed by atoms with van der Waals surface area (Å²) in [6.45, 7) is 3.03. The molecule has 1 saturated heterocycles. The molecule has 1 fully saturated rings. The first-order chi connectivity index (χ1) is 15.9. The van der Waals surface area contributed by atoms with Gasteiger partial charge in [-0.2, -0.15) is 8.78 Å². The molecule has 9 nitrogen and oxygen atoms in total. The van der Waals surface area contributed by atoms with Crippen LogP contribution in [0.5, 0.6) is 0 Å². The summed E-state index contributed by atoms with van der Waals surface area (Å²) in [6.07, 6.45) is -1.49. The highest BCUT2D eigenvalue weighted by atomic mass is 19.3. The van der Waals surface area contributed by atoms with Crippen molar-refractivity contribution in [2.45, 2.75) is 13.0 Å². The molecule has 0 atom stereocenters. The van der Waals surface area contributed by atoms with Crippen molar-refractivity contribution in [1.82, 2.24) is 24.6 Å². The zero-order valence-electron chi connectivity index (χ0n) is 17.5. The Kier molecular flexibility index (Phi) is 5.36. The van der Waals surface area contributed by atoms with Crippen molar-refractivity contribution in [3.63, 3.8) is 0 Å². The summed E-state index contributed by atoms with van der Waals surface area (Å²) in [6, 6.07) is 6.00. The number of hydrogen-bond acceptors (Lipinski definition) is 8.